The number of likely N-dealkylation sites (tertiary alicyclic amines) is 1. The van der Waals surface area contributed by atoms with Crippen LogP contribution in [0.1, 0.15) is 20.8 Å². The van der Waals surface area contributed by atoms with Crippen LogP contribution in [0.15, 0.2) is 0 Å². The maximum Gasteiger partial charge on any atom is 0.410 e. The molecule has 2 aliphatic heterocycles. The fourth-order valence-electron chi connectivity index (χ4n) is 1.55. The second-order valence-electron chi connectivity index (χ2n) is 5.02. The maximum atomic E-state index is 11.5. The minimum absolute atomic E-state index is 0.200. The Morgan fingerprint density at radius 3 is 2.43 bits per heavy atom. The minimum Gasteiger partial charge on any atom is -0.444 e. The molecule has 0 saturated carbocycles. The number of carbonyl (C=O) groups is 1. The average Bonchev–Trinajstić information content (AvgIpc) is 2.61. The van der Waals surface area contributed by atoms with Crippen molar-refractivity contribution in [3.63, 3.8) is 0 Å². The lowest BCUT2D eigenvalue weighted by Gasteiger charge is -2.39. The molecule has 0 spiro atoms. The molecule has 0 aromatic heterocycles. The summed E-state index contributed by atoms with van der Waals surface area (Å²) in [5.74, 6) is 0.544. The molecule has 80 valence electrons. The van der Waals surface area contributed by atoms with E-state index in [1.807, 2.05) is 20.8 Å². The molecule has 4 nitrogen and oxygen atoms in total. The molecule has 0 bridgehead atoms. The minimum atomic E-state index is -0.391. The molecular formula is C10H17NO3. The number of ether oxygens (including phenoxy) is 2. The van der Waals surface area contributed by atoms with Gasteiger partial charge in [-0.2, -0.15) is 0 Å². The van der Waals surface area contributed by atoms with Gasteiger partial charge in [-0.1, -0.05) is 0 Å². The van der Waals surface area contributed by atoms with Crippen molar-refractivity contribution in [3.8, 4) is 0 Å². The quantitative estimate of drug-likeness (QED) is 0.597. The van der Waals surface area contributed by atoms with Gasteiger partial charge >= 0.3 is 6.09 Å². The van der Waals surface area contributed by atoms with Gasteiger partial charge in [0.05, 0.1) is 12.7 Å². The zero-order chi connectivity index (χ0) is 10.3. The number of amides is 1. The van der Waals surface area contributed by atoms with Gasteiger partial charge < -0.3 is 14.4 Å². The highest BCUT2D eigenvalue weighted by Gasteiger charge is 2.43. The zero-order valence-corrected chi connectivity index (χ0v) is 8.95. The van der Waals surface area contributed by atoms with Gasteiger partial charge in [0, 0.05) is 19.0 Å². The van der Waals surface area contributed by atoms with Crippen LogP contribution in [0.25, 0.3) is 0 Å². The Morgan fingerprint density at radius 1 is 1.43 bits per heavy atom. The molecule has 2 heterocycles. The van der Waals surface area contributed by atoms with E-state index in [0.717, 1.165) is 19.7 Å². The van der Waals surface area contributed by atoms with Crippen molar-refractivity contribution in [3.05, 3.63) is 0 Å². The number of hydrogen-bond donors (Lipinski definition) is 0. The lowest BCUT2D eigenvalue weighted by atomic mass is 9.97. The molecule has 2 aliphatic rings. The topological polar surface area (TPSA) is 42.1 Å². The van der Waals surface area contributed by atoms with Crippen molar-refractivity contribution in [1.29, 1.82) is 0 Å². The van der Waals surface area contributed by atoms with E-state index in [1.165, 1.54) is 0 Å². The largest absolute Gasteiger partial charge is 0.444 e. The first kappa shape index (κ1) is 9.77. The molecule has 0 N–H and O–H groups in total. The van der Waals surface area contributed by atoms with E-state index in [0.29, 0.717) is 12.0 Å². The van der Waals surface area contributed by atoms with E-state index in [9.17, 15) is 4.79 Å². The predicted molar refractivity (Wildman–Crippen MR) is 51.0 cm³/mol. The van der Waals surface area contributed by atoms with Crippen molar-refractivity contribution in [2.45, 2.75) is 32.5 Å². The van der Waals surface area contributed by atoms with Gasteiger partial charge in [-0.05, 0) is 20.8 Å². The third-order valence-corrected chi connectivity index (χ3v) is 2.45. The highest BCUT2D eigenvalue weighted by molar-refractivity contribution is 5.69. The molecule has 1 amide bonds. The van der Waals surface area contributed by atoms with E-state index >= 15 is 0 Å². The zero-order valence-electron chi connectivity index (χ0n) is 8.95. The Hall–Kier alpha value is -0.770. The highest BCUT2D eigenvalue weighted by Crippen LogP contribution is 2.29. The van der Waals surface area contributed by atoms with Gasteiger partial charge in [0.1, 0.15) is 5.60 Å². The number of carbonyl (C=O) groups excluding carboxylic acids is 1. The van der Waals surface area contributed by atoms with Crippen LogP contribution < -0.4 is 0 Å². The first-order valence-electron chi connectivity index (χ1n) is 5.05. The lowest BCUT2D eigenvalue weighted by Crippen LogP contribution is -2.53. The summed E-state index contributed by atoms with van der Waals surface area (Å²) < 4.78 is 10.4. The summed E-state index contributed by atoms with van der Waals surface area (Å²) in [6, 6.07) is 0. The summed E-state index contributed by atoms with van der Waals surface area (Å²) in [5, 5.41) is 0. The highest BCUT2D eigenvalue weighted by atomic mass is 16.6. The van der Waals surface area contributed by atoms with E-state index in [2.05, 4.69) is 0 Å². The van der Waals surface area contributed by atoms with Gasteiger partial charge in [0.25, 0.3) is 0 Å². The Morgan fingerprint density at radius 2 is 2.00 bits per heavy atom. The first-order valence-corrected chi connectivity index (χ1v) is 5.05. The Balaban J connectivity index is 1.73. The molecule has 1 atom stereocenters. The second-order valence-corrected chi connectivity index (χ2v) is 5.02. The Kier molecular flexibility index (Phi) is 2.18. The van der Waals surface area contributed by atoms with Crippen LogP contribution in [0, 0.1) is 5.92 Å². The summed E-state index contributed by atoms with van der Waals surface area (Å²) in [6.07, 6.45) is 0.211. The van der Waals surface area contributed by atoms with Crippen LogP contribution in [-0.2, 0) is 9.47 Å². The number of epoxide rings is 1. The molecule has 2 rings (SSSR count). The van der Waals surface area contributed by atoms with E-state index in [-0.39, 0.29) is 6.09 Å². The molecule has 0 radical (unpaired) electrons. The van der Waals surface area contributed by atoms with E-state index in [4.69, 9.17) is 9.47 Å². The second kappa shape index (κ2) is 3.12. The van der Waals surface area contributed by atoms with Crippen molar-refractivity contribution in [1.82, 2.24) is 4.90 Å². The van der Waals surface area contributed by atoms with Crippen LogP contribution in [-0.4, -0.2) is 42.4 Å². The molecule has 1 unspecified atom stereocenters. The summed E-state index contributed by atoms with van der Waals surface area (Å²) in [6.45, 7) is 8.09. The fraction of sp³-hybridized carbons (Fsp3) is 0.900. The summed E-state index contributed by atoms with van der Waals surface area (Å²) in [5.41, 5.74) is -0.391. The molecule has 0 aromatic carbocycles. The van der Waals surface area contributed by atoms with Crippen LogP contribution in [0.4, 0.5) is 4.79 Å². The van der Waals surface area contributed by atoms with Gasteiger partial charge in [-0.15, -0.1) is 0 Å². The fourth-order valence-corrected chi connectivity index (χ4v) is 1.55. The summed E-state index contributed by atoms with van der Waals surface area (Å²) >= 11 is 0. The van der Waals surface area contributed by atoms with Crippen LogP contribution >= 0.6 is 0 Å². The molecule has 4 heteroatoms. The molecule has 2 fully saturated rings. The van der Waals surface area contributed by atoms with E-state index in [1.54, 1.807) is 4.90 Å². The van der Waals surface area contributed by atoms with Crippen molar-refractivity contribution >= 4 is 6.09 Å². The normalized spacial score (nSPS) is 27.1. The molecule has 0 aromatic rings. The monoisotopic (exact) mass is 199 g/mol. The summed E-state index contributed by atoms with van der Waals surface area (Å²) in [7, 11) is 0. The summed E-state index contributed by atoms with van der Waals surface area (Å²) in [4.78, 5) is 13.2. The first-order chi connectivity index (χ1) is 6.46. The Labute approximate surface area is 84.2 Å². The molecule has 0 aliphatic carbocycles. The lowest BCUT2D eigenvalue weighted by molar-refractivity contribution is -0.00482. The third-order valence-electron chi connectivity index (χ3n) is 2.45. The van der Waals surface area contributed by atoms with Crippen molar-refractivity contribution in [2.75, 3.05) is 19.7 Å². The molecular weight excluding hydrogens is 182 g/mol. The predicted octanol–water partition coefficient (Wildman–Crippen LogP) is 1.25. The number of hydrogen-bond acceptors (Lipinski definition) is 3. The van der Waals surface area contributed by atoms with Crippen LogP contribution in [0.5, 0.6) is 0 Å². The smallest absolute Gasteiger partial charge is 0.410 e. The van der Waals surface area contributed by atoms with Crippen molar-refractivity contribution in [2.24, 2.45) is 5.92 Å². The van der Waals surface area contributed by atoms with Crippen LogP contribution in [0.2, 0.25) is 0 Å². The number of rotatable bonds is 1. The van der Waals surface area contributed by atoms with Gasteiger partial charge in [-0.25, -0.2) is 4.79 Å². The van der Waals surface area contributed by atoms with Crippen molar-refractivity contribution < 1.29 is 14.3 Å². The standard InChI is InChI=1S/C10H17NO3/c1-10(2,3)14-9(12)11-4-7(5-11)8-6-13-8/h7-8H,4-6H2,1-3H3. The average molecular weight is 199 g/mol. The van der Waals surface area contributed by atoms with E-state index < -0.39 is 5.60 Å². The number of nitrogens with zero attached hydrogens (tertiary/aromatic N) is 1. The molecule has 2 saturated heterocycles. The maximum absolute atomic E-state index is 11.5. The Bertz CT molecular complexity index is 236. The molecule has 14 heavy (non-hydrogen) atoms. The van der Waals surface area contributed by atoms with Crippen LogP contribution in [0.3, 0.4) is 0 Å². The van der Waals surface area contributed by atoms with Gasteiger partial charge in [0.15, 0.2) is 0 Å². The SMILES string of the molecule is CC(C)(C)OC(=O)N1CC(C2CO2)C1. The van der Waals surface area contributed by atoms with Gasteiger partial charge in [-0.3, -0.25) is 0 Å². The van der Waals surface area contributed by atoms with Gasteiger partial charge in [0.2, 0.25) is 0 Å². The third kappa shape index (κ3) is 2.18.